The van der Waals surface area contributed by atoms with Crippen LogP contribution in [0.3, 0.4) is 0 Å². The maximum atomic E-state index is 12.8. The monoisotopic (exact) mass is 388 g/mol. The highest BCUT2D eigenvalue weighted by atomic mass is 16.6. The molecular formula is C20H28N4O4. The van der Waals surface area contributed by atoms with Gasteiger partial charge in [0.05, 0.1) is 13.4 Å². The van der Waals surface area contributed by atoms with Crippen molar-refractivity contribution in [2.75, 3.05) is 39.9 Å². The van der Waals surface area contributed by atoms with Gasteiger partial charge in [0.2, 0.25) is 0 Å². The molecule has 0 bridgehead atoms. The van der Waals surface area contributed by atoms with Crippen LogP contribution in [0.4, 0.5) is 0 Å². The number of hydrogen-bond donors (Lipinski definition) is 2. The molecule has 0 aromatic carbocycles. The van der Waals surface area contributed by atoms with Gasteiger partial charge < -0.3 is 24.1 Å². The number of H-pyrrole nitrogens is 1. The topological polar surface area (TPSA) is 94.8 Å². The van der Waals surface area contributed by atoms with Gasteiger partial charge in [0.15, 0.2) is 5.76 Å². The van der Waals surface area contributed by atoms with Gasteiger partial charge in [-0.25, -0.2) is 4.98 Å². The van der Waals surface area contributed by atoms with Crippen molar-refractivity contribution in [3.8, 4) is 5.95 Å². The van der Waals surface area contributed by atoms with E-state index in [1.165, 1.54) is 7.11 Å². The number of aliphatic hydroxyl groups excluding tert-OH is 1. The molecule has 8 heteroatoms. The predicted octanol–water partition coefficient (Wildman–Crippen LogP) is 1.75. The highest BCUT2D eigenvalue weighted by Crippen LogP contribution is 2.45. The van der Waals surface area contributed by atoms with Gasteiger partial charge in [-0.2, -0.15) is 0 Å². The number of imidazole rings is 1. The average Bonchev–Trinajstić information content (AvgIpc) is 3.41. The number of carbonyl (C=O) groups excluding carboxylic acids is 1. The van der Waals surface area contributed by atoms with E-state index in [4.69, 9.17) is 9.15 Å². The Labute approximate surface area is 164 Å². The maximum Gasteiger partial charge on any atom is 0.289 e. The van der Waals surface area contributed by atoms with Gasteiger partial charge in [0, 0.05) is 50.1 Å². The first-order valence-corrected chi connectivity index (χ1v) is 9.87. The van der Waals surface area contributed by atoms with Gasteiger partial charge in [-0.3, -0.25) is 9.69 Å². The summed E-state index contributed by atoms with van der Waals surface area (Å²) >= 11 is 0. The molecule has 1 unspecified atom stereocenters. The third-order valence-electron chi connectivity index (χ3n) is 6.49. The van der Waals surface area contributed by atoms with Crippen molar-refractivity contribution in [3.05, 3.63) is 36.1 Å². The zero-order valence-electron chi connectivity index (χ0n) is 16.3. The zero-order valence-corrected chi connectivity index (χ0v) is 16.3. The number of amides is 1. The van der Waals surface area contributed by atoms with Crippen LogP contribution in [0.15, 0.2) is 29.1 Å². The first-order chi connectivity index (χ1) is 13.6. The largest absolute Gasteiger partial charge is 0.468 e. The number of methoxy groups -OCH3 is 1. The Hall–Kier alpha value is -2.32. The summed E-state index contributed by atoms with van der Waals surface area (Å²) in [5.74, 6) is 0.587. The Balaban J connectivity index is 1.37. The molecule has 28 heavy (non-hydrogen) atoms. The Morgan fingerprint density at radius 3 is 2.79 bits per heavy atom. The van der Waals surface area contributed by atoms with Crippen LogP contribution in [0.5, 0.6) is 5.95 Å². The highest BCUT2D eigenvalue weighted by Gasteiger charge is 2.45. The lowest BCUT2D eigenvalue weighted by molar-refractivity contribution is -0.0373. The van der Waals surface area contributed by atoms with E-state index in [1.54, 1.807) is 23.4 Å². The second kappa shape index (κ2) is 7.97. The fourth-order valence-electron chi connectivity index (χ4n) is 4.68. The van der Waals surface area contributed by atoms with Crippen LogP contribution in [0, 0.1) is 11.3 Å². The number of nitrogens with zero attached hydrogens (tertiary/aromatic N) is 3. The molecule has 2 aliphatic rings. The summed E-state index contributed by atoms with van der Waals surface area (Å²) in [6.45, 7) is 4.24. The standard InChI is InChI=1S/C20H28N4O4/c1-27-18-3-2-17(28-18)19(26)24-9-6-20(15(11-24)13-25)4-7-23(8-5-20)12-16-10-21-14-22-16/h2-3,10,14-15,25H,4-9,11-13H2,1H3,(H,21,22). The number of likely N-dealkylation sites (tertiary alicyclic amines) is 2. The summed E-state index contributed by atoms with van der Waals surface area (Å²) in [6.07, 6.45) is 6.59. The minimum atomic E-state index is -0.131. The molecule has 152 valence electrons. The molecule has 1 spiro atoms. The van der Waals surface area contributed by atoms with E-state index in [0.717, 1.165) is 44.6 Å². The van der Waals surface area contributed by atoms with Crippen LogP contribution in [0.25, 0.3) is 0 Å². The average molecular weight is 388 g/mol. The molecule has 8 nitrogen and oxygen atoms in total. The maximum absolute atomic E-state index is 12.8. The number of ether oxygens (including phenoxy) is 1. The third kappa shape index (κ3) is 3.66. The van der Waals surface area contributed by atoms with Gasteiger partial charge in [-0.15, -0.1) is 0 Å². The minimum Gasteiger partial charge on any atom is -0.468 e. The van der Waals surface area contributed by atoms with E-state index in [2.05, 4.69) is 14.9 Å². The van der Waals surface area contributed by atoms with Crippen molar-refractivity contribution < 1.29 is 19.1 Å². The van der Waals surface area contributed by atoms with Crippen molar-refractivity contribution in [3.63, 3.8) is 0 Å². The van der Waals surface area contributed by atoms with Crippen molar-refractivity contribution in [1.82, 2.24) is 19.8 Å². The summed E-state index contributed by atoms with van der Waals surface area (Å²) in [6, 6.07) is 3.30. The molecule has 0 saturated carbocycles. The molecule has 4 heterocycles. The van der Waals surface area contributed by atoms with Gasteiger partial charge in [-0.05, 0) is 43.8 Å². The van der Waals surface area contributed by atoms with Gasteiger partial charge in [-0.1, -0.05) is 0 Å². The summed E-state index contributed by atoms with van der Waals surface area (Å²) in [5.41, 5.74) is 1.24. The number of furan rings is 1. The van der Waals surface area contributed by atoms with Crippen molar-refractivity contribution in [1.29, 1.82) is 0 Å². The van der Waals surface area contributed by atoms with E-state index in [-0.39, 0.29) is 23.8 Å². The summed E-state index contributed by atoms with van der Waals surface area (Å²) in [5, 5.41) is 10.1. The molecule has 1 atom stereocenters. The zero-order chi connectivity index (χ0) is 19.6. The SMILES string of the molecule is COc1ccc(C(=O)N2CCC3(CCN(Cc4cnc[nH]4)CC3)C(CO)C2)o1. The smallest absolute Gasteiger partial charge is 0.289 e. The molecule has 4 rings (SSSR count). The molecule has 2 saturated heterocycles. The molecule has 0 aliphatic carbocycles. The second-order valence-electron chi connectivity index (χ2n) is 7.92. The lowest BCUT2D eigenvalue weighted by Gasteiger charge is -2.51. The van der Waals surface area contributed by atoms with Gasteiger partial charge >= 0.3 is 0 Å². The van der Waals surface area contributed by atoms with E-state index >= 15 is 0 Å². The van der Waals surface area contributed by atoms with Crippen LogP contribution < -0.4 is 4.74 Å². The van der Waals surface area contributed by atoms with Crippen molar-refractivity contribution in [2.45, 2.75) is 25.8 Å². The Morgan fingerprint density at radius 2 is 2.14 bits per heavy atom. The van der Waals surface area contributed by atoms with Crippen LogP contribution in [-0.4, -0.2) is 70.7 Å². The Kier molecular flexibility index (Phi) is 5.41. The fourth-order valence-corrected chi connectivity index (χ4v) is 4.68. The molecule has 2 N–H and O–H groups in total. The van der Waals surface area contributed by atoms with E-state index in [1.807, 2.05) is 6.20 Å². The molecule has 1 amide bonds. The Bertz CT molecular complexity index is 780. The predicted molar refractivity (Wildman–Crippen MR) is 102 cm³/mol. The van der Waals surface area contributed by atoms with Crippen LogP contribution in [0.2, 0.25) is 0 Å². The van der Waals surface area contributed by atoms with E-state index in [9.17, 15) is 9.90 Å². The summed E-state index contributed by atoms with van der Waals surface area (Å²) in [4.78, 5) is 24.3. The molecule has 0 radical (unpaired) electrons. The minimum absolute atomic E-state index is 0.0939. The quantitative estimate of drug-likeness (QED) is 0.810. The van der Waals surface area contributed by atoms with E-state index < -0.39 is 0 Å². The number of nitrogens with one attached hydrogen (secondary N) is 1. The number of aliphatic hydroxyl groups is 1. The summed E-state index contributed by atoms with van der Waals surface area (Å²) in [7, 11) is 1.51. The lowest BCUT2D eigenvalue weighted by Crippen LogP contribution is -2.54. The molecule has 2 aromatic heterocycles. The summed E-state index contributed by atoms with van der Waals surface area (Å²) < 4.78 is 10.5. The molecular weight excluding hydrogens is 360 g/mol. The van der Waals surface area contributed by atoms with Crippen LogP contribution >= 0.6 is 0 Å². The van der Waals surface area contributed by atoms with Crippen molar-refractivity contribution >= 4 is 5.91 Å². The normalized spacial score (nSPS) is 22.5. The molecule has 2 aliphatic heterocycles. The van der Waals surface area contributed by atoms with Crippen LogP contribution in [-0.2, 0) is 6.54 Å². The number of carbonyl (C=O) groups is 1. The second-order valence-corrected chi connectivity index (χ2v) is 7.92. The van der Waals surface area contributed by atoms with Gasteiger partial charge in [0.25, 0.3) is 11.9 Å². The number of rotatable bonds is 5. The van der Waals surface area contributed by atoms with Gasteiger partial charge in [0.1, 0.15) is 0 Å². The number of piperidine rings is 2. The van der Waals surface area contributed by atoms with E-state index in [0.29, 0.717) is 24.8 Å². The highest BCUT2D eigenvalue weighted by molar-refractivity contribution is 5.91. The Morgan fingerprint density at radius 1 is 1.36 bits per heavy atom. The lowest BCUT2D eigenvalue weighted by atomic mass is 9.64. The number of aromatic amines is 1. The van der Waals surface area contributed by atoms with Crippen molar-refractivity contribution in [2.24, 2.45) is 11.3 Å². The number of hydrogen-bond acceptors (Lipinski definition) is 6. The number of aromatic nitrogens is 2. The molecule has 2 fully saturated rings. The third-order valence-corrected chi connectivity index (χ3v) is 6.49. The fraction of sp³-hybridized carbons (Fsp3) is 0.600. The first kappa shape index (κ1) is 19.0. The molecule has 2 aromatic rings. The van der Waals surface area contributed by atoms with Crippen LogP contribution in [0.1, 0.15) is 35.5 Å². The first-order valence-electron chi connectivity index (χ1n) is 9.87.